The van der Waals surface area contributed by atoms with Crippen LogP contribution in [0.5, 0.6) is 0 Å². The maximum atomic E-state index is 13.7. The smallest absolute Gasteiger partial charge is 0.373 e. The highest BCUT2D eigenvalue weighted by Crippen LogP contribution is 2.33. The van der Waals surface area contributed by atoms with Crippen molar-refractivity contribution in [2.45, 2.75) is 23.6 Å². The van der Waals surface area contributed by atoms with Gasteiger partial charge in [0.1, 0.15) is 5.02 Å². The first kappa shape index (κ1) is 17.9. The molecule has 0 aliphatic carbocycles. The Labute approximate surface area is 124 Å². The molecule has 4 nitrogen and oxygen atoms in total. The Kier molecular flexibility index (Phi) is 5.01. The first-order chi connectivity index (χ1) is 9.39. The lowest BCUT2D eigenvalue weighted by Crippen LogP contribution is -2.52. The molecule has 0 fully saturated rings. The zero-order valence-electron chi connectivity index (χ0n) is 10.7. The monoisotopic (exact) mass is 347 g/mol. The van der Waals surface area contributed by atoms with E-state index in [-0.39, 0.29) is 11.8 Å². The summed E-state index contributed by atoms with van der Waals surface area (Å²) in [5.74, 6) is -2.94. The van der Waals surface area contributed by atoms with E-state index in [4.69, 9.17) is 16.7 Å². The Bertz CT molecular complexity index is 604. The van der Waals surface area contributed by atoms with Crippen LogP contribution >= 0.6 is 11.6 Å². The quantitative estimate of drug-likeness (QED) is 0.825. The number of carbonyl (C=O) groups is 1. The van der Waals surface area contributed by atoms with Crippen molar-refractivity contribution < 1.29 is 31.7 Å². The van der Waals surface area contributed by atoms with E-state index in [0.717, 1.165) is 12.1 Å². The fraction of sp³-hybridized carbons (Fsp3) is 0.364. The van der Waals surface area contributed by atoms with Crippen molar-refractivity contribution in [3.05, 3.63) is 23.0 Å². The maximum Gasteiger partial charge on any atom is 0.426 e. The average Bonchev–Trinajstić information content (AvgIpc) is 2.33. The van der Waals surface area contributed by atoms with Crippen molar-refractivity contribution in [1.82, 2.24) is 0 Å². The van der Waals surface area contributed by atoms with Gasteiger partial charge in [-0.2, -0.15) is 13.2 Å². The molecule has 118 valence electrons. The normalized spacial score (nSPS) is 16.2. The molecule has 0 aliphatic heterocycles. The molecule has 0 bridgehead atoms. The molecule has 0 radical (unpaired) electrons. The van der Waals surface area contributed by atoms with Crippen molar-refractivity contribution in [3.63, 3.8) is 0 Å². The zero-order valence-corrected chi connectivity index (χ0v) is 12.3. The molecule has 1 rings (SSSR count). The van der Waals surface area contributed by atoms with E-state index < -0.39 is 45.0 Å². The van der Waals surface area contributed by atoms with E-state index in [0.29, 0.717) is 0 Å². The number of nitrogens with one attached hydrogen (secondary N) is 1. The minimum absolute atomic E-state index is 0.252. The SMILES string of the molecule is C[S@@](=O)c1ccc(NC(=O)C(C)(O)C(F)(F)F)c(Cl)c1F. The number of halogens is 5. The predicted octanol–water partition coefficient (Wildman–Crippen LogP) is 2.47. The third-order valence-electron chi connectivity index (χ3n) is 2.60. The van der Waals surface area contributed by atoms with Crippen LogP contribution < -0.4 is 5.32 Å². The highest BCUT2D eigenvalue weighted by atomic mass is 35.5. The second-order valence-corrected chi connectivity index (χ2v) is 5.94. The van der Waals surface area contributed by atoms with Crippen LogP contribution in [0.15, 0.2) is 17.0 Å². The van der Waals surface area contributed by atoms with Gasteiger partial charge in [-0.05, 0) is 19.1 Å². The molecule has 0 saturated carbocycles. The standard InChI is InChI=1S/C11H10ClF4NO3S/c1-10(19,11(14,15)16)9(18)17-5-3-4-6(21(2)20)8(13)7(5)12/h3-4,19H,1-2H3,(H,17,18)/t10?,21-/m1/s1. The fourth-order valence-corrected chi connectivity index (χ4v) is 2.11. The molecule has 1 unspecified atom stereocenters. The molecule has 1 aromatic rings. The second-order valence-electron chi connectivity index (χ2n) is 4.22. The first-order valence-electron chi connectivity index (χ1n) is 5.31. The van der Waals surface area contributed by atoms with Crippen molar-refractivity contribution in [2.75, 3.05) is 11.6 Å². The van der Waals surface area contributed by atoms with Gasteiger partial charge in [0.25, 0.3) is 5.91 Å². The van der Waals surface area contributed by atoms with Gasteiger partial charge in [-0.25, -0.2) is 4.39 Å². The lowest BCUT2D eigenvalue weighted by molar-refractivity contribution is -0.242. The number of hydrogen-bond donors (Lipinski definition) is 2. The van der Waals surface area contributed by atoms with Crippen LogP contribution in [0.1, 0.15) is 6.92 Å². The summed E-state index contributed by atoms with van der Waals surface area (Å²) in [7, 11) is -1.70. The largest absolute Gasteiger partial charge is 0.426 e. The maximum absolute atomic E-state index is 13.7. The lowest BCUT2D eigenvalue weighted by atomic mass is 10.1. The minimum Gasteiger partial charge on any atom is -0.373 e. The van der Waals surface area contributed by atoms with Crippen molar-refractivity contribution in [2.24, 2.45) is 0 Å². The number of amides is 1. The molecule has 0 heterocycles. The van der Waals surface area contributed by atoms with E-state index in [9.17, 15) is 26.6 Å². The molecule has 10 heteroatoms. The molecule has 2 N–H and O–H groups in total. The van der Waals surface area contributed by atoms with Gasteiger partial charge in [0.2, 0.25) is 5.60 Å². The van der Waals surface area contributed by atoms with Crippen LogP contribution in [-0.2, 0) is 15.6 Å². The summed E-state index contributed by atoms with van der Waals surface area (Å²) in [6.45, 7) is 0.252. The summed E-state index contributed by atoms with van der Waals surface area (Å²) in [6, 6.07) is 2.00. The highest BCUT2D eigenvalue weighted by Gasteiger charge is 2.55. The molecule has 21 heavy (non-hydrogen) atoms. The molecule has 2 atom stereocenters. The molecule has 0 aliphatic rings. The number of aliphatic hydroxyl groups is 1. The van der Waals surface area contributed by atoms with Gasteiger partial charge < -0.3 is 10.4 Å². The van der Waals surface area contributed by atoms with Gasteiger partial charge in [-0.1, -0.05) is 11.6 Å². The second kappa shape index (κ2) is 5.90. The summed E-state index contributed by atoms with van der Waals surface area (Å²) in [5.41, 5.74) is -4.14. The van der Waals surface area contributed by atoms with Crippen LogP contribution in [0.3, 0.4) is 0 Å². The first-order valence-corrected chi connectivity index (χ1v) is 7.25. The van der Waals surface area contributed by atoms with E-state index in [2.05, 4.69) is 0 Å². The number of benzene rings is 1. The molecular weight excluding hydrogens is 338 g/mol. The Morgan fingerprint density at radius 2 is 1.90 bits per heavy atom. The summed E-state index contributed by atoms with van der Waals surface area (Å²) >= 11 is 5.56. The van der Waals surface area contributed by atoms with Gasteiger partial charge in [-0.15, -0.1) is 0 Å². The summed E-state index contributed by atoms with van der Waals surface area (Å²) in [5, 5.41) is 10.1. The molecular formula is C11H10ClF4NO3S. The molecule has 0 spiro atoms. The van der Waals surface area contributed by atoms with Gasteiger partial charge in [0.05, 0.1) is 21.4 Å². The van der Waals surface area contributed by atoms with E-state index in [1.807, 2.05) is 0 Å². The fourth-order valence-electron chi connectivity index (χ4n) is 1.22. The van der Waals surface area contributed by atoms with E-state index in [1.54, 1.807) is 5.32 Å². The molecule has 1 aromatic carbocycles. The van der Waals surface area contributed by atoms with Crippen molar-refractivity contribution in [3.8, 4) is 0 Å². The highest BCUT2D eigenvalue weighted by molar-refractivity contribution is 7.84. The van der Waals surface area contributed by atoms with Crippen LogP contribution in [0.4, 0.5) is 23.2 Å². The van der Waals surface area contributed by atoms with Crippen LogP contribution in [0.25, 0.3) is 0 Å². The lowest BCUT2D eigenvalue weighted by Gasteiger charge is -2.25. The molecule has 1 amide bonds. The zero-order chi connectivity index (χ0) is 16.6. The Hall–Kier alpha value is -1.19. The third-order valence-corrected chi connectivity index (χ3v) is 3.90. The topological polar surface area (TPSA) is 66.4 Å². The third kappa shape index (κ3) is 3.53. The number of alkyl halides is 3. The van der Waals surface area contributed by atoms with Gasteiger partial charge in [-0.3, -0.25) is 9.00 Å². The van der Waals surface area contributed by atoms with Crippen LogP contribution in [-0.4, -0.2) is 33.3 Å². The Balaban J connectivity index is 3.14. The average molecular weight is 348 g/mol. The molecule has 0 aromatic heterocycles. The molecule has 0 saturated heterocycles. The number of anilines is 1. The van der Waals surface area contributed by atoms with E-state index in [1.165, 1.54) is 6.26 Å². The van der Waals surface area contributed by atoms with Crippen LogP contribution in [0.2, 0.25) is 5.02 Å². The Morgan fingerprint density at radius 1 is 1.38 bits per heavy atom. The minimum atomic E-state index is -5.22. The van der Waals surface area contributed by atoms with Gasteiger partial charge in [0.15, 0.2) is 5.82 Å². The summed E-state index contributed by atoms with van der Waals surface area (Å²) in [6.07, 6.45) is -4.03. The number of rotatable bonds is 3. The predicted molar refractivity (Wildman–Crippen MR) is 69.1 cm³/mol. The van der Waals surface area contributed by atoms with Gasteiger partial charge >= 0.3 is 6.18 Å². The van der Waals surface area contributed by atoms with E-state index >= 15 is 0 Å². The van der Waals surface area contributed by atoms with Crippen molar-refractivity contribution in [1.29, 1.82) is 0 Å². The number of hydrogen-bond acceptors (Lipinski definition) is 3. The Morgan fingerprint density at radius 3 is 2.33 bits per heavy atom. The van der Waals surface area contributed by atoms with Gasteiger partial charge in [0, 0.05) is 6.26 Å². The summed E-state index contributed by atoms with van der Waals surface area (Å²) < 4.78 is 62.3. The van der Waals surface area contributed by atoms with Crippen molar-refractivity contribution >= 4 is 34.0 Å². The number of carbonyl (C=O) groups excluding carboxylic acids is 1. The summed E-state index contributed by atoms with van der Waals surface area (Å²) in [4.78, 5) is 11.2. The van der Waals surface area contributed by atoms with Crippen LogP contribution in [0, 0.1) is 5.82 Å².